The Kier molecular flexibility index (Phi) is 2.76. The van der Waals surface area contributed by atoms with E-state index in [1.807, 2.05) is 0 Å². The fourth-order valence-electron chi connectivity index (χ4n) is 2.03. The van der Waals surface area contributed by atoms with Crippen LogP contribution < -0.4 is 0 Å². The first-order valence-electron chi connectivity index (χ1n) is 5.83. The molecule has 2 nitrogen and oxygen atoms in total. The molecule has 0 unspecified atom stereocenters. The molecular weight excluding hydrogens is 188 g/mol. The molecule has 0 bridgehead atoms. The van der Waals surface area contributed by atoms with Gasteiger partial charge in [0.2, 0.25) is 0 Å². The lowest BCUT2D eigenvalue weighted by Gasteiger charge is -2.32. The van der Waals surface area contributed by atoms with Crippen LogP contribution in [0.1, 0.15) is 40.0 Å². The Hall–Kier alpha value is -0.920. The van der Waals surface area contributed by atoms with E-state index >= 15 is 0 Å². The molecule has 1 aliphatic carbocycles. The number of hydrogen-bond donors (Lipinski definition) is 0. The van der Waals surface area contributed by atoms with Crippen molar-refractivity contribution in [1.29, 1.82) is 0 Å². The number of hydrogen-bond acceptors (Lipinski definition) is 2. The van der Waals surface area contributed by atoms with Crippen molar-refractivity contribution in [3.8, 4) is 0 Å². The zero-order valence-corrected chi connectivity index (χ0v) is 9.93. The predicted octanol–water partition coefficient (Wildman–Crippen LogP) is 3.40. The molecule has 2 rings (SSSR count). The van der Waals surface area contributed by atoms with Crippen molar-refractivity contribution in [2.45, 2.75) is 40.0 Å². The van der Waals surface area contributed by atoms with Crippen molar-refractivity contribution < 1.29 is 9.47 Å². The molecule has 0 aromatic rings. The molecule has 1 heterocycles. The van der Waals surface area contributed by atoms with Crippen LogP contribution in [0.2, 0.25) is 0 Å². The number of rotatable bonds is 2. The average molecular weight is 208 g/mol. The first kappa shape index (κ1) is 10.6. The van der Waals surface area contributed by atoms with Gasteiger partial charge >= 0.3 is 0 Å². The molecule has 0 saturated heterocycles. The summed E-state index contributed by atoms with van der Waals surface area (Å²) in [4.78, 5) is 0. The molecule has 2 aliphatic rings. The summed E-state index contributed by atoms with van der Waals surface area (Å²) in [5.41, 5.74) is 1.79. The van der Waals surface area contributed by atoms with E-state index in [9.17, 15) is 0 Å². The SMILES string of the molecule is CCC(C)(C)C1=CC2=C(CC1)OCCO2. The number of allylic oxidation sites excluding steroid dienone is 3. The van der Waals surface area contributed by atoms with E-state index in [0.29, 0.717) is 18.6 Å². The van der Waals surface area contributed by atoms with Gasteiger partial charge in [0, 0.05) is 6.42 Å². The standard InChI is InChI=1S/C13H20O2/c1-4-13(2,3)10-5-6-11-12(9-10)15-8-7-14-11/h9H,4-8H2,1-3H3. The molecule has 1 aliphatic heterocycles. The first-order valence-corrected chi connectivity index (χ1v) is 5.83. The van der Waals surface area contributed by atoms with Crippen molar-refractivity contribution in [1.82, 2.24) is 0 Å². The molecule has 0 aromatic carbocycles. The van der Waals surface area contributed by atoms with Crippen LogP contribution in [0.5, 0.6) is 0 Å². The van der Waals surface area contributed by atoms with Gasteiger partial charge in [-0.3, -0.25) is 0 Å². The Morgan fingerprint density at radius 2 is 1.93 bits per heavy atom. The van der Waals surface area contributed by atoms with Crippen LogP contribution in [0.4, 0.5) is 0 Å². The Balaban J connectivity index is 2.23. The highest BCUT2D eigenvalue weighted by Gasteiger charge is 2.27. The fourth-order valence-corrected chi connectivity index (χ4v) is 2.03. The van der Waals surface area contributed by atoms with Gasteiger partial charge in [0.05, 0.1) is 0 Å². The molecule has 0 amide bonds. The molecule has 0 spiro atoms. The molecule has 0 atom stereocenters. The molecular formula is C13H20O2. The van der Waals surface area contributed by atoms with Crippen molar-refractivity contribution in [2.24, 2.45) is 5.41 Å². The minimum atomic E-state index is 0.291. The third-order valence-electron chi connectivity index (χ3n) is 3.57. The van der Waals surface area contributed by atoms with Crippen LogP contribution in [0.3, 0.4) is 0 Å². The zero-order chi connectivity index (χ0) is 10.9. The highest BCUT2D eigenvalue weighted by Crippen LogP contribution is 2.39. The fraction of sp³-hybridized carbons (Fsp3) is 0.692. The van der Waals surface area contributed by atoms with E-state index in [1.165, 1.54) is 12.0 Å². The molecule has 0 saturated carbocycles. The summed E-state index contributed by atoms with van der Waals surface area (Å²) in [5, 5.41) is 0. The Bertz CT molecular complexity index is 310. The van der Waals surface area contributed by atoms with Crippen molar-refractivity contribution in [3.63, 3.8) is 0 Å². The predicted molar refractivity (Wildman–Crippen MR) is 60.3 cm³/mol. The van der Waals surface area contributed by atoms with Gasteiger partial charge in [-0.05, 0) is 24.3 Å². The summed E-state index contributed by atoms with van der Waals surface area (Å²) >= 11 is 0. The van der Waals surface area contributed by atoms with E-state index in [2.05, 4.69) is 26.8 Å². The molecule has 0 fully saturated rings. The van der Waals surface area contributed by atoms with Gasteiger partial charge in [-0.25, -0.2) is 0 Å². The van der Waals surface area contributed by atoms with Gasteiger partial charge in [-0.15, -0.1) is 0 Å². The van der Waals surface area contributed by atoms with Gasteiger partial charge in [-0.2, -0.15) is 0 Å². The maximum Gasteiger partial charge on any atom is 0.157 e. The Morgan fingerprint density at radius 3 is 2.67 bits per heavy atom. The van der Waals surface area contributed by atoms with Crippen LogP contribution in [0.25, 0.3) is 0 Å². The van der Waals surface area contributed by atoms with Crippen LogP contribution in [0.15, 0.2) is 23.2 Å². The third kappa shape index (κ3) is 2.04. The third-order valence-corrected chi connectivity index (χ3v) is 3.57. The normalized spacial score (nSPS) is 21.4. The summed E-state index contributed by atoms with van der Waals surface area (Å²) < 4.78 is 11.2. The van der Waals surface area contributed by atoms with Gasteiger partial charge in [0.25, 0.3) is 0 Å². The van der Waals surface area contributed by atoms with E-state index < -0.39 is 0 Å². The summed E-state index contributed by atoms with van der Waals surface area (Å²) in [5.74, 6) is 2.03. The highest BCUT2D eigenvalue weighted by atomic mass is 16.6. The van der Waals surface area contributed by atoms with E-state index in [0.717, 1.165) is 24.4 Å². The smallest absolute Gasteiger partial charge is 0.157 e. The maximum atomic E-state index is 5.63. The highest BCUT2D eigenvalue weighted by molar-refractivity contribution is 5.30. The quantitative estimate of drug-likeness (QED) is 0.692. The monoisotopic (exact) mass is 208 g/mol. The summed E-state index contributed by atoms with van der Waals surface area (Å²) in [7, 11) is 0. The largest absolute Gasteiger partial charge is 0.491 e. The Morgan fingerprint density at radius 1 is 1.20 bits per heavy atom. The van der Waals surface area contributed by atoms with Crippen LogP contribution in [-0.4, -0.2) is 13.2 Å². The van der Waals surface area contributed by atoms with E-state index in [-0.39, 0.29) is 0 Å². The van der Waals surface area contributed by atoms with Crippen molar-refractivity contribution >= 4 is 0 Å². The molecule has 15 heavy (non-hydrogen) atoms. The topological polar surface area (TPSA) is 18.5 Å². The lowest BCUT2D eigenvalue weighted by molar-refractivity contribution is 0.0613. The summed E-state index contributed by atoms with van der Waals surface area (Å²) in [6.07, 6.45) is 5.48. The molecule has 0 radical (unpaired) electrons. The molecule has 84 valence electrons. The van der Waals surface area contributed by atoms with E-state index in [1.54, 1.807) is 0 Å². The summed E-state index contributed by atoms with van der Waals surface area (Å²) in [6.45, 7) is 8.24. The van der Waals surface area contributed by atoms with Gasteiger partial charge in [0.1, 0.15) is 19.0 Å². The van der Waals surface area contributed by atoms with Crippen molar-refractivity contribution in [2.75, 3.05) is 13.2 Å². The second kappa shape index (κ2) is 3.92. The second-order valence-electron chi connectivity index (χ2n) is 4.89. The Labute approximate surface area is 92.0 Å². The number of ether oxygens (including phenoxy) is 2. The lowest BCUT2D eigenvalue weighted by Crippen LogP contribution is -2.21. The zero-order valence-electron chi connectivity index (χ0n) is 9.93. The van der Waals surface area contributed by atoms with Gasteiger partial charge in [-0.1, -0.05) is 26.3 Å². The first-order chi connectivity index (χ1) is 7.13. The summed E-state index contributed by atoms with van der Waals surface area (Å²) in [6, 6.07) is 0. The van der Waals surface area contributed by atoms with Crippen molar-refractivity contribution in [3.05, 3.63) is 23.2 Å². The second-order valence-corrected chi connectivity index (χ2v) is 4.89. The minimum absolute atomic E-state index is 0.291. The maximum absolute atomic E-state index is 5.63. The minimum Gasteiger partial charge on any atom is -0.491 e. The van der Waals surface area contributed by atoms with Gasteiger partial charge in [0.15, 0.2) is 5.76 Å². The van der Waals surface area contributed by atoms with Gasteiger partial charge < -0.3 is 9.47 Å². The van der Waals surface area contributed by atoms with Crippen LogP contribution >= 0.6 is 0 Å². The lowest BCUT2D eigenvalue weighted by atomic mass is 9.77. The molecule has 0 N–H and O–H groups in total. The molecule has 2 heteroatoms. The molecule has 0 aromatic heterocycles. The van der Waals surface area contributed by atoms with Crippen LogP contribution in [-0.2, 0) is 9.47 Å². The van der Waals surface area contributed by atoms with E-state index in [4.69, 9.17) is 9.47 Å². The average Bonchev–Trinajstić information content (AvgIpc) is 2.28. The van der Waals surface area contributed by atoms with Crippen LogP contribution in [0, 0.1) is 5.41 Å².